The molecule has 0 saturated carbocycles. The molecular formula is C19H17N3O4S2. The Balaban J connectivity index is 1.61. The first kappa shape index (κ1) is 20.0. The molecule has 0 unspecified atom stereocenters. The molecule has 1 heterocycles. The summed E-state index contributed by atoms with van der Waals surface area (Å²) in [7, 11) is 0. The number of hydrogen-bond donors (Lipinski definition) is 1. The molecule has 3 rings (SSSR count). The van der Waals surface area contributed by atoms with Crippen LogP contribution in [0.2, 0.25) is 0 Å². The number of Topliss-reactive ketones (excluding diaryl/α,β-unsaturated/α-hetero) is 1. The summed E-state index contributed by atoms with van der Waals surface area (Å²) in [6.45, 7) is 1.94. The molecule has 0 bridgehead atoms. The maximum Gasteiger partial charge on any atom is 0.270 e. The molecule has 0 fully saturated rings. The number of anilines is 1. The van der Waals surface area contributed by atoms with Crippen LogP contribution in [0.4, 0.5) is 11.4 Å². The number of fused-ring (bicyclic) bond motifs is 1. The topological polar surface area (TPSA) is 102 Å². The van der Waals surface area contributed by atoms with Crippen molar-refractivity contribution in [3.63, 3.8) is 0 Å². The predicted molar refractivity (Wildman–Crippen MR) is 111 cm³/mol. The van der Waals surface area contributed by atoms with Crippen LogP contribution in [0.25, 0.3) is 10.2 Å². The molecule has 3 aromatic rings. The third-order valence-corrected chi connectivity index (χ3v) is 6.02. The number of carbonyl (C=O) groups is 2. The fourth-order valence-corrected chi connectivity index (χ4v) is 4.46. The number of nitrogens with one attached hydrogen (secondary N) is 1. The van der Waals surface area contributed by atoms with Crippen molar-refractivity contribution in [2.75, 3.05) is 11.1 Å². The van der Waals surface area contributed by atoms with Gasteiger partial charge in [0.05, 0.1) is 20.9 Å². The highest BCUT2D eigenvalue weighted by molar-refractivity contribution is 8.01. The number of thiazole rings is 1. The number of nitro benzene ring substituents is 1. The van der Waals surface area contributed by atoms with Crippen LogP contribution in [0.3, 0.4) is 0 Å². The van der Waals surface area contributed by atoms with Gasteiger partial charge in [0.15, 0.2) is 10.1 Å². The van der Waals surface area contributed by atoms with Gasteiger partial charge < -0.3 is 5.32 Å². The van der Waals surface area contributed by atoms with E-state index in [1.54, 1.807) is 30.3 Å². The van der Waals surface area contributed by atoms with Crippen molar-refractivity contribution in [1.29, 1.82) is 0 Å². The number of non-ortho nitro benzene ring substituents is 1. The Labute approximate surface area is 169 Å². The average Bonchev–Trinajstić information content (AvgIpc) is 3.09. The van der Waals surface area contributed by atoms with Crippen LogP contribution in [0, 0.1) is 10.1 Å². The van der Waals surface area contributed by atoms with Crippen molar-refractivity contribution in [3.8, 4) is 0 Å². The Kier molecular flexibility index (Phi) is 6.37. The zero-order valence-corrected chi connectivity index (χ0v) is 16.6. The summed E-state index contributed by atoms with van der Waals surface area (Å²) in [6, 6.07) is 11.3. The lowest BCUT2D eigenvalue weighted by Crippen LogP contribution is -2.10. The fraction of sp³-hybridized carbons (Fsp3) is 0.211. The van der Waals surface area contributed by atoms with Crippen molar-refractivity contribution < 1.29 is 14.5 Å². The number of nitro groups is 1. The summed E-state index contributed by atoms with van der Waals surface area (Å²) in [5, 5.41) is 13.6. The number of hydrogen-bond acceptors (Lipinski definition) is 7. The van der Waals surface area contributed by atoms with E-state index < -0.39 is 4.92 Å². The number of aromatic nitrogens is 1. The van der Waals surface area contributed by atoms with Gasteiger partial charge in [0.1, 0.15) is 0 Å². The molecule has 28 heavy (non-hydrogen) atoms. The standard InChI is InChI=1S/C19H17N3O4S2/c1-2-3-18(24)20-13-6-4-12(5-7-13)16(23)11-27-19-21-15-9-8-14(22(25)26)10-17(15)28-19/h4-10H,2-3,11H2,1H3,(H,20,24). The van der Waals surface area contributed by atoms with Gasteiger partial charge in [0, 0.05) is 29.8 Å². The first-order chi connectivity index (χ1) is 13.5. The Morgan fingerprint density at radius 3 is 2.64 bits per heavy atom. The highest BCUT2D eigenvalue weighted by Gasteiger charge is 2.13. The van der Waals surface area contributed by atoms with E-state index in [9.17, 15) is 19.7 Å². The SMILES string of the molecule is CCCC(=O)Nc1ccc(C(=O)CSc2nc3ccc([N+](=O)[O-])cc3s2)cc1. The average molecular weight is 415 g/mol. The molecule has 7 nitrogen and oxygen atoms in total. The summed E-state index contributed by atoms with van der Waals surface area (Å²) in [4.78, 5) is 38.8. The molecule has 0 aliphatic carbocycles. The molecule has 9 heteroatoms. The van der Waals surface area contributed by atoms with Crippen LogP contribution in [0.5, 0.6) is 0 Å². The molecule has 2 aromatic carbocycles. The smallest absolute Gasteiger partial charge is 0.270 e. The van der Waals surface area contributed by atoms with Gasteiger partial charge in [-0.2, -0.15) is 0 Å². The van der Waals surface area contributed by atoms with Crippen LogP contribution in [0.15, 0.2) is 46.8 Å². The minimum absolute atomic E-state index is 0.0230. The Hall–Kier alpha value is -2.78. The van der Waals surface area contributed by atoms with Crippen LogP contribution in [0.1, 0.15) is 30.1 Å². The zero-order chi connectivity index (χ0) is 20.1. The first-order valence-corrected chi connectivity index (χ1v) is 10.4. The third kappa shape index (κ3) is 4.93. The van der Waals surface area contributed by atoms with Crippen LogP contribution < -0.4 is 5.32 Å². The number of ketones is 1. The summed E-state index contributed by atoms with van der Waals surface area (Å²) >= 11 is 2.63. The van der Waals surface area contributed by atoms with Gasteiger partial charge in [0.2, 0.25) is 5.91 Å². The van der Waals surface area contributed by atoms with Gasteiger partial charge in [-0.05, 0) is 36.8 Å². The summed E-state index contributed by atoms with van der Waals surface area (Å²) in [6.07, 6.45) is 1.24. The van der Waals surface area contributed by atoms with Crippen molar-refractivity contribution in [2.24, 2.45) is 0 Å². The van der Waals surface area contributed by atoms with Gasteiger partial charge in [-0.15, -0.1) is 11.3 Å². The quantitative estimate of drug-likeness (QED) is 0.242. The Bertz CT molecular complexity index is 1030. The number of carbonyl (C=O) groups excluding carboxylic acids is 2. The van der Waals surface area contributed by atoms with Crippen molar-refractivity contribution in [2.45, 2.75) is 24.1 Å². The van der Waals surface area contributed by atoms with Crippen LogP contribution >= 0.6 is 23.1 Å². The minimum Gasteiger partial charge on any atom is -0.326 e. The monoisotopic (exact) mass is 415 g/mol. The lowest BCUT2D eigenvalue weighted by Gasteiger charge is -2.05. The van der Waals surface area contributed by atoms with Gasteiger partial charge >= 0.3 is 0 Å². The normalized spacial score (nSPS) is 10.8. The van der Waals surface area contributed by atoms with Gasteiger partial charge in [0.25, 0.3) is 5.69 Å². The lowest BCUT2D eigenvalue weighted by molar-refractivity contribution is -0.384. The van der Waals surface area contributed by atoms with E-state index >= 15 is 0 Å². The van der Waals surface area contributed by atoms with E-state index in [0.717, 1.165) is 11.1 Å². The molecule has 0 atom stereocenters. The molecular weight excluding hydrogens is 398 g/mol. The van der Waals surface area contributed by atoms with Crippen molar-refractivity contribution in [3.05, 3.63) is 58.1 Å². The van der Waals surface area contributed by atoms with Crippen LogP contribution in [-0.4, -0.2) is 27.4 Å². The fourth-order valence-electron chi connectivity index (χ4n) is 2.47. The molecule has 1 aromatic heterocycles. The maximum absolute atomic E-state index is 12.4. The summed E-state index contributed by atoms with van der Waals surface area (Å²) < 4.78 is 1.41. The second-order valence-electron chi connectivity index (χ2n) is 5.98. The second kappa shape index (κ2) is 8.94. The number of rotatable bonds is 8. The molecule has 0 aliphatic heterocycles. The molecule has 144 valence electrons. The first-order valence-electron chi connectivity index (χ1n) is 8.57. The largest absolute Gasteiger partial charge is 0.326 e. The summed E-state index contributed by atoms with van der Waals surface area (Å²) in [5.74, 6) is 0.110. The lowest BCUT2D eigenvalue weighted by atomic mass is 10.1. The second-order valence-corrected chi connectivity index (χ2v) is 8.23. The van der Waals surface area contributed by atoms with E-state index in [1.807, 2.05) is 6.92 Å². The molecule has 1 N–H and O–H groups in total. The van der Waals surface area contributed by atoms with E-state index in [-0.39, 0.29) is 23.1 Å². The third-order valence-electron chi connectivity index (χ3n) is 3.86. The van der Waals surface area contributed by atoms with Gasteiger partial charge in [-0.1, -0.05) is 18.7 Å². The van der Waals surface area contributed by atoms with E-state index in [0.29, 0.717) is 27.5 Å². The van der Waals surface area contributed by atoms with E-state index in [1.165, 1.54) is 35.2 Å². The number of amides is 1. The number of thioether (sulfide) groups is 1. The Morgan fingerprint density at radius 2 is 1.96 bits per heavy atom. The minimum atomic E-state index is -0.441. The number of benzene rings is 2. The highest BCUT2D eigenvalue weighted by atomic mass is 32.2. The van der Waals surface area contributed by atoms with Crippen molar-refractivity contribution in [1.82, 2.24) is 4.98 Å². The highest BCUT2D eigenvalue weighted by Crippen LogP contribution is 2.32. The van der Waals surface area contributed by atoms with E-state index in [4.69, 9.17) is 0 Å². The zero-order valence-electron chi connectivity index (χ0n) is 15.0. The summed E-state index contributed by atoms with van der Waals surface area (Å²) in [5.41, 5.74) is 1.92. The maximum atomic E-state index is 12.4. The van der Waals surface area contributed by atoms with Crippen LogP contribution in [-0.2, 0) is 4.79 Å². The van der Waals surface area contributed by atoms with Gasteiger partial charge in [-0.25, -0.2) is 4.98 Å². The molecule has 0 aliphatic rings. The van der Waals surface area contributed by atoms with Crippen molar-refractivity contribution >= 4 is 56.4 Å². The molecule has 1 amide bonds. The van der Waals surface area contributed by atoms with E-state index in [2.05, 4.69) is 10.3 Å². The Morgan fingerprint density at radius 1 is 1.21 bits per heavy atom. The number of nitrogens with zero attached hydrogens (tertiary/aromatic N) is 2. The molecule has 0 spiro atoms. The van der Waals surface area contributed by atoms with Gasteiger partial charge in [-0.3, -0.25) is 19.7 Å². The molecule has 0 radical (unpaired) electrons. The molecule has 0 saturated heterocycles. The predicted octanol–water partition coefficient (Wildman–Crippen LogP) is 4.92.